The zero-order valence-electron chi connectivity index (χ0n) is 12.2. The van der Waals surface area contributed by atoms with Crippen molar-refractivity contribution < 1.29 is 31.5 Å². The molecule has 2 rings (SSSR count). The van der Waals surface area contributed by atoms with Gasteiger partial charge >= 0.3 is 5.97 Å². The lowest BCUT2D eigenvalue weighted by Crippen LogP contribution is -2.23. The molecule has 2 aromatic carbocycles. The molecule has 0 amide bonds. The fourth-order valence-corrected chi connectivity index (χ4v) is 3.00. The van der Waals surface area contributed by atoms with Gasteiger partial charge in [-0.25, -0.2) is 18.0 Å². The molecule has 25 heavy (non-hydrogen) atoms. The maximum Gasteiger partial charge on any atom is 0.344 e. The first-order valence-electron chi connectivity index (χ1n) is 6.30. The van der Waals surface area contributed by atoms with Gasteiger partial charge in [-0.05, 0) is 12.1 Å². The van der Waals surface area contributed by atoms with Gasteiger partial charge in [0.05, 0.1) is 39.8 Å². The number of hydrogen-bond acceptors (Lipinski definition) is 4. The van der Waals surface area contributed by atoms with Crippen molar-refractivity contribution in [2.45, 2.75) is 0 Å². The predicted molar refractivity (Wildman–Crippen MR) is 85.2 cm³/mol. The lowest BCUT2D eigenvalue weighted by Gasteiger charge is -2.28. The molecule has 1 unspecified atom stereocenters. The zero-order chi connectivity index (χ0) is 18.9. The van der Waals surface area contributed by atoms with E-state index in [4.69, 9.17) is 23.2 Å². The van der Waals surface area contributed by atoms with Crippen molar-refractivity contribution in [2.75, 3.05) is 11.4 Å². The molecule has 0 N–H and O–H groups in total. The summed E-state index contributed by atoms with van der Waals surface area (Å²) in [7, 11) is 0.823. The Kier molecular flexibility index (Phi) is 5.94. The summed E-state index contributed by atoms with van der Waals surface area (Å²) in [4.78, 5) is 11.5. The molecule has 2 aromatic rings. The van der Waals surface area contributed by atoms with Crippen LogP contribution in [0.5, 0.6) is 0 Å². The Hall–Kier alpha value is -1.81. The van der Waals surface area contributed by atoms with Crippen LogP contribution in [0.3, 0.4) is 0 Å². The van der Waals surface area contributed by atoms with Crippen molar-refractivity contribution in [3.8, 4) is 0 Å². The Morgan fingerprint density at radius 2 is 1.84 bits per heavy atom. The number of rotatable bonds is 4. The molecule has 0 saturated heterocycles. The normalized spacial score (nSPS) is 12.0. The van der Waals surface area contributed by atoms with Crippen LogP contribution in [0.4, 0.5) is 24.5 Å². The Bertz CT molecular complexity index is 882. The van der Waals surface area contributed by atoms with Gasteiger partial charge in [-0.1, -0.05) is 29.3 Å². The van der Waals surface area contributed by atoms with Crippen LogP contribution in [0.1, 0.15) is 10.4 Å². The SMILES string of the molecule is COC(=O)c1c(F)c(F)cc(N(c2cccc(Cl)c2Cl)S(=O)[O-])c1F. The summed E-state index contributed by atoms with van der Waals surface area (Å²) in [6.45, 7) is 0. The van der Waals surface area contributed by atoms with Gasteiger partial charge in [0.2, 0.25) is 0 Å². The molecule has 0 saturated carbocycles. The van der Waals surface area contributed by atoms with E-state index in [2.05, 4.69) is 4.74 Å². The number of nitrogens with zero attached hydrogens (tertiary/aromatic N) is 1. The van der Waals surface area contributed by atoms with Crippen molar-refractivity contribution in [1.82, 2.24) is 0 Å². The van der Waals surface area contributed by atoms with Crippen LogP contribution in [0, 0.1) is 17.5 Å². The third-order valence-electron chi connectivity index (χ3n) is 3.04. The number of methoxy groups -OCH3 is 1. The first-order chi connectivity index (χ1) is 11.7. The highest BCUT2D eigenvalue weighted by molar-refractivity contribution is 7.81. The Balaban J connectivity index is 2.81. The molecule has 5 nitrogen and oxygen atoms in total. The molecule has 0 fully saturated rings. The van der Waals surface area contributed by atoms with Crippen LogP contribution >= 0.6 is 23.2 Å². The molecule has 0 radical (unpaired) electrons. The molecular weight excluding hydrogens is 406 g/mol. The maximum atomic E-state index is 14.6. The molecule has 1 atom stereocenters. The number of halogens is 5. The molecule has 0 heterocycles. The minimum absolute atomic E-state index is 0.0641. The molecule has 0 aliphatic carbocycles. The summed E-state index contributed by atoms with van der Waals surface area (Å²) in [5.74, 6) is -6.65. The van der Waals surface area contributed by atoms with Crippen molar-refractivity contribution in [2.24, 2.45) is 0 Å². The molecule has 11 heteroatoms. The number of esters is 1. The lowest BCUT2D eigenvalue weighted by molar-refractivity contribution is 0.0588. The quantitative estimate of drug-likeness (QED) is 0.430. The smallest absolute Gasteiger partial charge is 0.344 e. The van der Waals surface area contributed by atoms with Gasteiger partial charge in [-0.2, -0.15) is 0 Å². The largest absolute Gasteiger partial charge is 0.755 e. The third-order valence-corrected chi connectivity index (χ3v) is 4.54. The zero-order valence-corrected chi connectivity index (χ0v) is 14.5. The van der Waals surface area contributed by atoms with Gasteiger partial charge in [-0.3, -0.25) is 8.51 Å². The van der Waals surface area contributed by atoms with Gasteiger partial charge in [0.25, 0.3) is 0 Å². The highest BCUT2D eigenvalue weighted by atomic mass is 35.5. The van der Waals surface area contributed by atoms with Gasteiger partial charge in [0.15, 0.2) is 17.5 Å². The van der Waals surface area contributed by atoms with E-state index >= 15 is 0 Å². The molecule has 0 spiro atoms. The fourth-order valence-electron chi connectivity index (χ4n) is 1.96. The molecule has 0 aliphatic rings. The Morgan fingerprint density at radius 3 is 2.40 bits per heavy atom. The summed E-state index contributed by atoms with van der Waals surface area (Å²) < 4.78 is 69.7. The standard InChI is InChI=1S/C14H8Cl2F3NO4S/c1-24-14(21)10-12(18)7(17)5-9(13(10)19)20(25(22)23)8-4-2-3-6(15)11(8)16/h2-5H,1H3,(H,22,23)/p-1. The summed E-state index contributed by atoms with van der Waals surface area (Å²) in [6, 6.07) is 4.07. The molecule has 0 aliphatic heterocycles. The van der Waals surface area contributed by atoms with E-state index in [0.717, 1.165) is 13.2 Å². The van der Waals surface area contributed by atoms with E-state index in [0.29, 0.717) is 0 Å². The minimum atomic E-state index is -3.21. The van der Waals surface area contributed by atoms with Crippen LogP contribution in [-0.4, -0.2) is 21.8 Å². The average Bonchev–Trinajstić information content (AvgIpc) is 2.56. The number of hydrogen-bond donors (Lipinski definition) is 0. The second-order valence-corrected chi connectivity index (χ2v) is 6.04. The van der Waals surface area contributed by atoms with Crippen molar-refractivity contribution >= 4 is 51.8 Å². The third kappa shape index (κ3) is 3.59. The van der Waals surface area contributed by atoms with E-state index in [1.165, 1.54) is 12.1 Å². The molecule has 134 valence electrons. The van der Waals surface area contributed by atoms with Crippen molar-refractivity contribution in [1.29, 1.82) is 0 Å². The lowest BCUT2D eigenvalue weighted by atomic mass is 10.1. The second-order valence-electron chi connectivity index (χ2n) is 4.46. The van der Waals surface area contributed by atoms with E-state index in [1.54, 1.807) is 0 Å². The predicted octanol–water partition coefficient (Wildman–Crippen LogP) is 4.13. The van der Waals surface area contributed by atoms with E-state index in [-0.39, 0.29) is 26.1 Å². The molecule has 0 aromatic heterocycles. The summed E-state index contributed by atoms with van der Waals surface area (Å²) in [5.41, 5.74) is -2.69. The number of carbonyl (C=O) groups excluding carboxylic acids is 1. The van der Waals surface area contributed by atoms with Crippen molar-refractivity contribution in [3.05, 3.63) is 57.3 Å². The average molecular weight is 413 g/mol. The Labute approximate surface area is 152 Å². The molecule has 0 bridgehead atoms. The number of anilines is 2. The van der Waals surface area contributed by atoms with Crippen LogP contribution < -0.4 is 4.31 Å². The maximum absolute atomic E-state index is 14.6. The van der Waals surface area contributed by atoms with Crippen LogP contribution in [0.2, 0.25) is 10.0 Å². The summed E-state index contributed by atoms with van der Waals surface area (Å²) in [5, 5.41) is -0.345. The summed E-state index contributed by atoms with van der Waals surface area (Å²) in [6.07, 6.45) is 0. The highest BCUT2D eigenvalue weighted by Crippen LogP contribution is 2.39. The van der Waals surface area contributed by atoms with E-state index in [1.807, 2.05) is 0 Å². The van der Waals surface area contributed by atoms with Gasteiger partial charge < -0.3 is 9.29 Å². The van der Waals surface area contributed by atoms with Gasteiger partial charge in [0, 0.05) is 6.07 Å². The molecular formula is C14H7Cl2F3NO4S-. The van der Waals surface area contributed by atoms with E-state index < -0.39 is 45.9 Å². The van der Waals surface area contributed by atoms with Crippen molar-refractivity contribution in [3.63, 3.8) is 0 Å². The fraction of sp³-hybridized carbons (Fsp3) is 0.0714. The number of carbonyl (C=O) groups is 1. The van der Waals surface area contributed by atoms with Gasteiger partial charge in [0.1, 0.15) is 5.56 Å². The number of ether oxygens (including phenoxy) is 1. The van der Waals surface area contributed by atoms with E-state index in [9.17, 15) is 26.7 Å². The van der Waals surface area contributed by atoms with Crippen LogP contribution in [0.25, 0.3) is 0 Å². The van der Waals surface area contributed by atoms with Gasteiger partial charge in [-0.15, -0.1) is 0 Å². The monoisotopic (exact) mass is 412 g/mol. The highest BCUT2D eigenvalue weighted by Gasteiger charge is 2.29. The number of benzene rings is 2. The second kappa shape index (κ2) is 7.61. The van der Waals surface area contributed by atoms with Crippen LogP contribution in [0.15, 0.2) is 24.3 Å². The minimum Gasteiger partial charge on any atom is -0.755 e. The topological polar surface area (TPSA) is 69.7 Å². The Morgan fingerprint density at radius 1 is 1.20 bits per heavy atom. The first-order valence-corrected chi connectivity index (χ1v) is 8.08. The summed E-state index contributed by atoms with van der Waals surface area (Å²) >= 11 is 8.48. The van der Waals surface area contributed by atoms with Crippen LogP contribution in [-0.2, 0) is 16.0 Å². The first kappa shape index (κ1) is 19.5.